The lowest BCUT2D eigenvalue weighted by molar-refractivity contribution is 1.18. The minimum Gasteiger partial charge on any atom is -0.0996 e. The molecule has 0 N–H and O–H groups in total. The lowest BCUT2D eigenvalue weighted by Gasteiger charge is -1.67. The van der Waals surface area contributed by atoms with Crippen LogP contribution in [-0.2, 0) is 0 Å². The third-order valence-electron chi connectivity index (χ3n) is 1.01. The fraction of sp³-hybridized carbons (Fsp3) is 0.571. The van der Waals surface area contributed by atoms with Gasteiger partial charge in [-0.05, 0) is 12.8 Å². The van der Waals surface area contributed by atoms with Crippen molar-refractivity contribution in [3.63, 3.8) is 0 Å². The maximum Gasteiger partial charge on any atom is 0.0309 e. The Kier molecular flexibility index (Phi) is 1.36. The summed E-state index contributed by atoms with van der Waals surface area (Å²) in [7, 11) is 0. The largest absolute Gasteiger partial charge is 0.0996 e. The molecule has 1 radical (unpaired) electrons. The minimum atomic E-state index is 0.760. The summed E-state index contributed by atoms with van der Waals surface area (Å²) in [6.45, 7) is 1.97. The first kappa shape index (κ1) is 4.71. The minimum absolute atomic E-state index is 0.760. The van der Waals surface area contributed by atoms with E-state index in [2.05, 4.69) is 11.8 Å². The molecule has 0 bridgehead atoms. The van der Waals surface area contributed by atoms with Crippen LogP contribution in [-0.4, -0.2) is 0 Å². The molecule has 1 aliphatic carbocycles. The predicted molar refractivity (Wildman–Crippen MR) is 30.5 cm³/mol. The van der Waals surface area contributed by atoms with E-state index in [0.29, 0.717) is 0 Å². The highest BCUT2D eigenvalue weighted by molar-refractivity contribution is 5.14. The van der Waals surface area contributed by atoms with Gasteiger partial charge in [0.15, 0.2) is 0 Å². The van der Waals surface area contributed by atoms with Gasteiger partial charge in [0.25, 0.3) is 0 Å². The van der Waals surface area contributed by atoms with Crippen LogP contribution in [0.25, 0.3) is 0 Å². The van der Waals surface area contributed by atoms with Crippen LogP contribution in [0, 0.1) is 24.2 Å². The van der Waals surface area contributed by atoms with E-state index < -0.39 is 0 Å². The molecule has 0 nitrogen and oxygen atoms in total. The van der Waals surface area contributed by atoms with Crippen LogP contribution in [0.15, 0.2) is 0 Å². The molecule has 37 valence electrons. The van der Waals surface area contributed by atoms with E-state index in [1.807, 2.05) is 13.3 Å². The molecule has 0 unspecified atom stereocenters. The van der Waals surface area contributed by atoms with Gasteiger partial charge < -0.3 is 0 Å². The van der Waals surface area contributed by atoms with Gasteiger partial charge in [-0.15, -0.1) is 0 Å². The highest BCUT2D eigenvalue weighted by Gasteiger charge is 2.17. The molecule has 0 aromatic heterocycles. The number of hydrogen-bond donors (Lipinski definition) is 0. The van der Waals surface area contributed by atoms with Crippen LogP contribution < -0.4 is 0 Å². The molecule has 0 heteroatoms. The van der Waals surface area contributed by atoms with E-state index in [1.165, 1.54) is 12.8 Å². The lowest BCUT2D eigenvalue weighted by atomic mass is 10.4. The molecule has 7 heavy (non-hydrogen) atoms. The fourth-order valence-corrected chi connectivity index (χ4v) is 0.429. The van der Waals surface area contributed by atoms with Crippen molar-refractivity contribution >= 4 is 0 Å². The monoisotopic (exact) mass is 93.1 g/mol. The molecule has 0 heterocycles. The van der Waals surface area contributed by atoms with Crippen LogP contribution in [0.3, 0.4) is 0 Å². The topological polar surface area (TPSA) is 0 Å². The molecular weight excluding hydrogens is 84.1 g/mol. The third kappa shape index (κ3) is 1.64. The Labute approximate surface area is 44.9 Å². The molecule has 1 rings (SSSR count). The molecule has 0 aromatic carbocycles. The van der Waals surface area contributed by atoms with E-state index in [1.54, 1.807) is 0 Å². The van der Waals surface area contributed by atoms with Gasteiger partial charge in [-0.3, -0.25) is 0 Å². The van der Waals surface area contributed by atoms with Gasteiger partial charge in [0.05, 0.1) is 0 Å². The summed E-state index contributed by atoms with van der Waals surface area (Å²) in [4.78, 5) is 0. The molecule has 0 aromatic rings. The van der Waals surface area contributed by atoms with Crippen LogP contribution in [0.5, 0.6) is 0 Å². The van der Waals surface area contributed by atoms with Gasteiger partial charge in [0, 0.05) is 12.3 Å². The molecule has 0 atom stereocenters. The van der Waals surface area contributed by atoms with E-state index >= 15 is 0 Å². The first-order chi connectivity index (χ1) is 3.43. The highest BCUT2D eigenvalue weighted by Crippen LogP contribution is 2.27. The Morgan fingerprint density at radius 2 is 2.29 bits per heavy atom. The third-order valence-corrected chi connectivity index (χ3v) is 1.01. The van der Waals surface area contributed by atoms with Crippen molar-refractivity contribution in [2.75, 3.05) is 0 Å². The van der Waals surface area contributed by atoms with Gasteiger partial charge in [-0.1, -0.05) is 18.8 Å². The first-order valence-electron chi connectivity index (χ1n) is 2.72. The average molecular weight is 93.1 g/mol. The second-order valence-electron chi connectivity index (χ2n) is 1.85. The van der Waals surface area contributed by atoms with Gasteiger partial charge in [0.1, 0.15) is 0 Å². The average Bonchev–Trinajstić information content (AvgIpc) is 2.42. The Bertz CT molecular complexity index is 98.9. The zero-order valence-corrected chi connectivity index (χ0v) is 4.57. The summed E-state index contributed by atoms with van der Waals surface area (Å²) in [5.41, 5.74) is 0. The fourth-order valence-electron chi connectivity index (χ4n) is 0.429. The van der Waals surface area contributed by atoms with Crippen molar-refractivity contribution < 1.29 is 0 Å². The van der Waals surface area contributed by atoms with Gasteiger partial charge >= 0.3 is 0 Å². The second-order valence-corrected chi connectivity index (χ2v) is 1.85. The molecule has 1 fully saturated rings. The van der Waals surface area contributed by atoms with E-state index in [0.717, 1.165) is 5.92 Å². The summed E-state index contributed by atoms with van der Waals surface area (Å²) < 4.78 is 0. The first-order valence-corrected chi connectivity index (χ1v) is 2.72. The molecule has 0 saturated heterocycles. The van der Waals surface area contributed by atoms with Gasteiger partial charge in [0.2, 0.25) is 0 Å². The zero-order chi connectivity index (χ0) is 5.11. The second kappa shape index (κ2) is 2.02. The Morgan fingerprint density at radius 3 is 2.71 bits per heavy atom. The summed E-state index contributed by atoms with van der Waals surface area (Å²) in [6, 6.07) is 0. The Balaban J connectivity index is 2.16. The maximum absolute atomic E-state index is 3.10. The lowest BCUT2D eigenvalue weighted by Crippen LogP contribution is -1.60. The van der Waals surface area contributed by atoms with Crippen molar-refractivity contribution in [2.24, 2.45) is 5.92 Å². The van der Waals surface area contributed by atoms with Crippen molar-refractivity contribution in [3.8, 4) is 11.8 Å². The molecule has 0 amide bonds. The van der Waals surface area contributed by atoms with Gasteiger partial charge in [-0.25, -0.2) is 0 Å². The van der Waals surface area contributed by atoms with E-state index in [9.17, 15) is 0 Å². The Hall–Kier alpha value is -0.440. The molecular formula is C7H9. The SMILES string of the molecule is C[CH]C#CC1CC1. The molecule has 1 saturated carbocycles. The van der Waals surface area contributed by atoms with Gasteiger partial charge in [-0.2, -0.15) is 0 Å². The standard InChI is InChI=1S/C7H9/c1-2-3-4-7-5-6-7/h2,7H,5-6H2,1H3. The molecule has 1 aliphatic rings. The predicted octanol–water partition coefficient (Wildman–Crippen LogP) is 1.62. The van der Waals surface area contributed by atoms with Crippen LogP contribution in [0.1, 0.15) is 19.8 Å². The van der Waals surface area contributed by atoms with E-state index in [-0.39, 0.29) is 0 Å². The summed E-state index contributed by atoms with van der Waals surface area (Å²) in [5.74, 6) is 6.80. The summed E-state index contributed by atoms with van der Waals surface area (Å²) in [6.07, 6.45) is 4.57. The van der Waals surface area contributed by atoms with Crippen molar-refractivity contribution in [3.05, 3.63) is 6.42 Å². The van der Waals surface area contributed by atoms with Crippen LogP contribution in [0.2, 0.25) is 0 Å². The Morgan fingerprint density at radius 1 is 1.57 bits per heavy atom. The summed E-state index contributed by atoms with van der Waals surface area (Å²) >= 11 is 0. The molecule has 0 aliphatic heterocycles. The zero-order valence-electron chi connectivity index (χ0n) is 4.57. The normalized spacial score (nSPS) is 17.9. The number of rotatable bonds is 0. The van der Waals surface area contributed by atoms with E-state index in [4.69, 9.17) is 0 Å². The maximum atomic E-state index is 3.10. The molecule has 0 spiro atoms. The van der Waals surface area contributed by atoms with Crippen molar-refractivity contribution in [1.29, 1.82) is 0 Å². The number of hydrogen-bond acceptors (Lipinski definition) is 0. The van der Waals surface area contributed by atoms with Crippen LogP contribution in [0.4, 0.5) is 0 Å². The quantitative estimate of drug-likeness (QED) is 0.399. The van der Waals surface area contributed by atoms with Crippen LogP contribution >= 0.6 is 0 Å². The smallest absolute Gasteiger partial charge is 0.0309 e. The van der Waals surface area contributed by atoms with Crippen molar-refractivity contribution in [1.82, 2.24) is 0 Å². The van der Waals surface area contributed by atoms with Crippen molar-refractivity contribution in [2.45, 2.75) is 19.8 Å². The highest BCUT2D eigenvalue weighted by atomic mass is 14.2. The summed E-state index contributed by atoms with van der Waals surface area (Å²) in [5, 5.41) is 0.